The fourth-order valence-corrected chi connectivity index (χ4v) is 3.19. The summed E-state index contributed by atoms with van der Waals surface area (Å²) in [6.45, 7) is 1.71. The number of benzene rings is 1. The molecule has 0 N–H and O–H groups in total. The van der Waals surface area contributed by atoms with Crippen LogP contribution in [0.2, 0.25) is 0 Å². The fraction of sp³-hybridized carbons (Fsp3) is 0.118. The Morgan fingerprint density at radius 2 is 1.84 bits per heavy atom. The molecule has 0 bridgehead atoms. The molecule has 25 heavy (non-hydrogen) atoms. The van der Waals surface area contributed by atoms with Crippen molar-refractivity contribution in [1.29, 1.82) is 0 Å². The van der Waals surface area contributed by atoms with Crippen molar-refractivity contribution in [3.05, 3.63) is 48.7 Å². The van der Waals surface area contributed by atoms with Crippen LogP contribution in [0, 0.1) is 6.92 Å². The largest absolute Gasteiger partial charge is 0.462 e. The number of fused-ring (bicyclic) bond motifs is 1. The molecule has 3 aromatic heterocycles. The highest BCUT2D eigenvalue weighted by atomic mass is 32.2. The Kier molecular flexibility index (Phi) is 3.43. The maximum absolute atomic E-state index is 11.6. The molecule has 0 saturated heterocycles. The van der Waals surface area contributed by atoms with E-state index < -0.39 is 9.84 Å². The van der Waals surface area contributed by atoms with E-state index >= 15 is 0 Å². The van der Waals surface area contributed by atoms with E-state index in [0.29, 0.717) is 23.1 Å². The van der Waals surface area contributed by atoms with Crippen LogP contribution in [-0.2, 0) is 9.84 Å². The first-order chi connectivity index (χ1) is 11.9. The molecule has 0 unspecified atom stereocenters. The molecule has 0 aliphatic heterocycles. The van der Waals surface area contributed by atoms with Crippen molar-refractivity contribution in [3.63, 3.8) is 0 Å². The zero-order valence-corrected chi connectivity index (χ0v) is 14.2. The molecule has 0 spiro atoms. The molecule has 7 nitrogen and oxygen atoms in total. The number of aryl methyl sites for hydroxylation is 1. The van der Waals surface area contributed by atoms with Crippen molar-refractivity contribution in [2.45, 2.75) is 11.8 Å². The zero-order chi connectivity index (χ0) is 17.6. The number of nitrogens with zero attached hydrogens (tertiary/aromatic N) is 3. The Bertz CT molecular complexity index is 1170. The number of aromatic nitrogens is 3. The highest BCUT2D eigenvalue weighted by Gasteiger charge is 2.14. The van der Waals surface area contributed by atoms with Gasteiger partial charge in [0.25, 0.3) is 5.89 Å². The Hall–Kier alpha value is -3.00. The van der Waals surface area contributed by atoms with E-state index in [9.17, 15) is 8.42 Å². The van der Waals surface area contributed by atoms with Crippen LogP contribution in [0.15, 0.2) is 56.5 Å². The van der Waals surface area contributed by atoms with Gasteiger partial charge in [-0.3, -0.25) is 0 Å². The summed E-state index contributed by atoms with van der Waals surface area (Å²) >= 11 is 0. The van der Waals surface area contributed by atoms with Crippen molar-refractivity contribution in [2.24, 2.45) is 0 Å². The first-order valence-corrected chi connectivity index (χ1v) is 9.29. The number of furan rings is 1. The van der Waals surface area contributed by atoms with Crippen molar-refractivity contribution in [3.8, 4) is 22.7 Å². The Labute approximate surface area is 143 Å². The maximum Gasteiger partial charge on any atom is 0.266 e. The van der Waals surface area contributed by atoms with E-state index in [-0.39, 0.29) is 4.90 Å². The van der Waals surface area contributed by atoms with E-state index in [0.717, 1.165) is 16.5 Å². The summed E-state index contributed by atoms with van der Waals surface area (Å²) in [4.78, 5) is 4.55. The second-order valence-corrected chi connectivity index (χ2v) is 7.65. The lowest BCUT2D eigenvalue weighted by molar-refractivity contribution is 0.531. The molecule has 3 heterocycles. The normalized spacial score (nSPS) is 11.9. The van der Waals surface area contributed by atoms with Crippen LogP contribution in [0.1, 0.15) is 5.89 Å². The number of hydrogen-bond acceptors (Lipinski definition) is 7. The van der Waals surface area contributed by atoms with Gasteiger partial charge in [-0.1, -0.05) is 12.1 Å². The lowest BCUT2D eigenvalue weighted by Crippen LogP contribution is -1.96. The van der Waals surface area contributed by atoms with Crippen LogP contribution in [0.25, 0.3) is 33.7 Å². The Morgan fingerprint density at radius 1 is 1.08 bits per heavy atom. The summed E-state index contributed by atoms with van der Waals surface area (Å²) in [6, 6.07) is 8.46. The maximum atomic E-state index is 11.6. The minimum atomic E-state index is -3.23. The van der Waals surface area contributed by atoms with Crippen molar-refractivity contribution in [1.82, 2.24) is 15.2 Å². The van der Waals surface area contributed by atoms with E-state index in [1.807, 2.05) is 6.07 Å². The number of sulfone groups is 1. The molecular formula is C17H13N3O4S. The zero-order valence-electron chi connectivity index (χ0n) is 13.4. The third-order valence-corrected chi connectivity index (χ3v) is 4.93. The van der Waals surface area contributed by atoms with Gasteiger partial charge in [-0.25, -0.2) is 13.4 Å². The minimum absolute atomic E-state index is 0.271. The predicted octanol–water partition coefficient (Wildman–Crippen LogP) is 3.26. The summed E-state index contributed by atoms with van der Waals surface area (Å²) in [6.07, 6.45) is 4.39. The van der Waals surface area contributed by atoms with E-state index in [1.54, 1.807) is 43.6 Å². The average molecular weight is 355 g/mol. The van der Waals surface area contributed by atoms with Crippen LogP contribution in [0.3, 0.4) is 0 Å². The third-order valence-electron chi connectivity index (χ3n) is 3.80. The summed E-state index contributed by atoms with van der Waals surface area (Å²) < 4.78 is 34.2. The molecule has 0 atom stereocenters. The molecule has 0 aliphatic rings. The van der Waals surface area contributed by atoms with Gasteiger partial charge in [0, 0.05) is 24.1 Å². The van der Waals surface area contributed by atoms with Gasteiger partial charge >= 0.3 is 0 Å². The molecular weight excluding hydrogens is 342 g/mol. The molecule has 4 aromatic rings. The van der Waals surface area contributed by atoms with Gasteiger partial charge in [0.05, 0.1) is 17.4 Å². The third kappa shape index (κ3) is 2.80. The minimum Gasteiger partial charge on any atom is -0.462 e. The first kappa shape index (κ1) is 15.5. The second-order valence-electron chi connectivity index (χ2n) is 5.64. The highest BCUT2D eigenvalue weighted by Crippen LogP contribution is 2.32. The lowest BCUT2D eigenvalue weighted by atomic mass is 10.1. The van der Waals surface area contributed by atoms with Crippen LogP contribution in [0.4, 0.5) is 0 Å². The quantitative estimate of drug-likeness (QED) is 0.556. The van der Waals surface area contributed by atoms with E-state index in [4.69, 9.17) is 8.83 Å². The van der Waals surface area contributed by atoms with Crippen molar-refractivity contribution < 1.29 is 17.3 Å². The number of hydrogen-bond donors (Lipinski definition) is 0. The molecule has 1 aromatic carbocycles. The van der Waals surface area contributed by atoms with Crippen LogP contribution >= 0.6 is 0 Å². The van der Waals surface area contributed by atoms with Gasteiger partial charge in [0.1, 0.15) is 5.69 Å². The molecule has 0 saturated carbocycles. The van der Waals surface area contributed by atoms with E-state index in [1.165, 1.54) is 6.26 Å². The SMILES string of the molecule is Cc1nnc(-c2cc3c(-c4ccc(S(C)(=O)=O)cc4)coc3cn2)o1. The standard InChI is InChI=1S/C17H13N3O4S/c1-10-19-20-17(24-10)15-7-13-14(9-23-16(13)8-18-15)11-3-5-12(6-4-11)25(2,21)22/h3-9H,1-2H3. The lowest BCUT2D eigenvalue weighted by Gasteiger charge is -2.02. The second kappa shape index (κ2) is 5.52. The van der Waals surface area contributed by atoms with Gasteiger partial charge in [-0.2, -0.15) is 0 Å². The van der Waals surface area contributed by atoms with E-state index in [2.05, 4.69) is 15.2 Å². The van der Waals surface area contributed by atoms with Crippen molar-refractivity contribution >= 4 is 20.8 Å². The summed E-state index contributed by atoms with van der Waals surface area (Å²) in [5, 5.41) is 8.61. The molecule has 0 radical (unpaired) electrons. The molecule has 0 amide bonds. The van der Waals surface area contributed by atoms with Crippen LogP contribution < -0.4 is 0 Å². The number of pyridine rings is 1. The number of rotatable bonds is 3. The van der Waals surface area contributed by atoms with Crippen molar-refractivity contribution in [2.75, 3.05) is 6.26 Å². The molecule has 0 aliphatic carbocycles. The summed E-state index contributed by atoms with van der Waals surface area (Å²) in [5.41, 5.74) is 2.82. The molecule has 8 heteroatoms. The summed E-state index contributed by atoms with van der Waals surface area (Å²) in [7, 11) is -3.23. The Balaban J connectivity index is 1.82. The van der Waals surface area contributed by atoms with Gasteiger partial charge in [0.15, 0.2) is 15.4 Å². The van der Waals surface area contributed by atoms with Gasteiger partial charge < -0.3 is 8.83 Å². The monoisotopic (exact) mass is 355 g/mol. The van der Waals surface area contributed by atoms with Crippen LogP contribution in [0.5, 0.6) is 0 Å². The smallest absolute Gasteiger partial charge is 0.266 e. The summed E-state index contributed by atoms with van der Waals surface area (Å²) in [5.74, 6) is 0.791. The predicted molar refractivity (Wildman–Crippen MR) is 90.6 cm³/mol. The van der Waals surface area contributed by atoms with Crippen LogP contribution in [-0.4, -0.2) is 29.9 Å². The average Bonchev–Trinajstić information content (AvgIpc) is 3.19. The van der Waals surface area contributed by atoms with Gasteiger partial charge in [-0.15, -0.1) is 10.2 Å². The van der Waals surface area contributed by atoms with Gasteiger partial charge in [0.2, 0.25) is 5.89 Å². The fourth-order valence-electron chi connectivity index (χ4n) is 2.56. The molecule has 126 valence electrons. The van der Waals surface area contributed by atoms with Gasteiger partial charge in [-0.05, 0) is 23.8 Å². The first-order valence-electron chi connectivity index (χ1n) is 7.40. The topological polar surface area (TPSA) is 99.1 Å². The molecule has 4 rings (SSSR count). The Morgan fingerprint density at radius 3 is 2.48 bits per heavy atom. The molecule has 0 fully saturated rings. The highest BCUT2D eigenvalue weighted by molar-refractivity contribution is 7.90.